The zero-order valence-corrected chi connectivity index (χ0v) is 10.9. The van der Waals surface area contributed by atoms with E-state index in [1.54, 1.807) is 6.20 Å². The predicted molar refractivity (Wildman–Crippen MR) is 74.3 cm³/mol. The standard InChI is InChI=1S/C12H13N3.2ClH/c1-2-9-6-11(10-3-5-13-7-10)8-15-12(9)14-4-1;;/h1-2,4,6,8,10,13H,3,5,7H2;2*1H. The zero-order valence-electron chi connectivity index (χ0n) is 9.30. The fourth-order valence-electron chi connectivity index (χ4n) is 2.14. The number of rotatable bonds is 1. The van der Waals surface area contributed by atoms with E-state index in [-0.39, 0.29) is 24.8 Å². The average Bonchev–Trinajstić information content (AvgIpc) is 2.82. The fraction of sp³-hybridized carbons (Fsp3) is 0.333. The first-order valence-corrected chi connectivity index (χ1v) is 5.35. The first-order valence-electron chi connectivity index (χ1n) is 5.35. The normalized spacial score (nSPS) is 18.5. The van der Waals surface area contributed by atoms with Gasteiger partial charge in [0.05, 0.1) is 0 Å². The number of fused-ring (bicyclic) bond motifs is 1. The number of nitrogens with one attached hydrogen (secondary N) is 1. The molecule has 0 aromatic carbocycles. The maximum absolute atomic E-state index is 4.39. The third kappa shape index (κ3) is 2.86. The van der Waals surface area contributed by atoms with E-state index < -0.39 is 0 Å². The van der Waals surface area contributed by atoms with Crippen molar-refractivity contribution in [3.05, 3.63) is 36.2 Å². The Hall–Kier alpha value is -0.900. The summed E-state index contributed by atoms with van der Waals surface area (Å²) in [7, 11) is 0. The minimum absolute atomic E-state index is 0. The summed E-state index contributed by atoms with van der Waals surface area (Å²) in [4.78, 5) is 8.61. The quantitative estimate of drug-likeness (QED) is 0.867. The Morgan fingerprint density at radius 1 is 1.24 bits per heavy atom. The molecule has 1 N–H and O–H groups in total. The number of halogens is 2. The average molecular weight is 272 g/mol. The van der Waals surface area contributed by atoms with Crippen LogP contribution in [-0.4, -0.2) is 23.1 Å². The highest BCUT2D eigenvalue weighted by Gasteiger charge is 2.16. The Balaban J connectivity index is 0.000000722. The molecule has 5 heteroatoms. The molecule has 3 nitrogen and oxygen atoms in total. The first-order chi connectivity index (χ1) is 7.43. The summed E-state index contributed by atoms with van der Waals surface area (Å²) < 4.78 is 0. The third-order valence-corrected chi connectivity index (χ3v) is 3.01. The molecule has 17 heavy (non-hydrogen) atoms. The highest BCUT2D eigenvalue weighted by atomic mass is 35.5. The Labute approximate surface area is 113 Å². The first kappa shape index (κ1) is 14.2. The fourth-order valence-corrected chi connectivity index (χ4v) is 2.14. The summed E-state index contributed by atoms with van der Waals surface area (Å²) in [6.07, 6.45) is 4.96. The van der Waals surface area contributed by atoms with Crippen LogP contribution in [0.5, 0.6) is 0 Å². The van der Waals surface area contributed by atoms with E-state index in [1.807, 2.05) is 12.3 Å². The van der Waals surface area contributed by atoms with Crippen molar-refractivity contribution in [1.82, 2.24) is 15.3 Å². The van der Waals surface area contributed by atoms with Gasteiger partial charge in [0.1, 0.15) is 0 Å². The Morgan fingerprint density at radius 2 is 2.12 bits per heavy atom. The highest BCUT2D eigenvalue weighted by molar-refractivity contribution is 5.85. The van der Waals surface area contributed by atoms with Gasteiger partial charge in [-0.2, -0.15) is 0 Å². The molecule has 0 aliphatic carbocycles. The molecule has 1 saturated heterocycles. The summed E-state index contributed by atoms with van der Waals surface area (Å²) in [5.41, 5.74) is 2.17. The van der Waals surface area contributed by atoms with Gasteiger partial charge in [-0.25, -0.2) is 9.97 Å². The van der Waals surface area contributed by atoms with Gasteiger partial charge in [-0.05, 0) is 42.6 Å². The van der Waals surface area contributed by atoms with Gasteiger partial charge in [-0.3, -0.25) is 0 Å². The van der Waals surface area contributed by atoms with Crippen molar-refractivity contribution in [3.63, 3.8) is 0 Å². The van der Waals surface area contributed by atoms with Crippen molar-refractivity contribution in [2.75, 3.05) is 13.1 Å². The van der Waals surface area contributed by atoms with Crippen LogP contribution in [0.15, 0.2) is 30.6 Å². The van der Waals surface area contributed by atoms with Gasteiger partial charge < -0.3 is 5.32 Å². The summed E-state index contributed by atoms with van der Waals surface area (Å²) in [6, 6.07) is 6.24. The molecule has 0 amide bonds. The molecule has 92 valence electrons. The molecule has 1 aliphatic rings. The van der Waals surface area contributed by atoms with Gasteiger partial charge in [-0.15, -0.1) is 24.8 Å². The van der Waals surface area contributed by atoms with E-state index in [9.17, 15) is 0 Å². The van der Waals surface area contributed by atoms with Crippen LogP contribution < -0.4 is 5.32 Å². The second kappa shape index (κ2) is 6.15. The SMILES string of the molecule is Cl.Cl.c1cnc2ncc(C3CCNC3)cc2c1. The molecule has 1 unspecified atom stereocenters. The van der Waals surface area contributed by atoms with Crippen LogP contribution in [0.25, 0.3) is 11.0 Å². The van der Waals surface area contributed by atoms with Crippen molar-refractivity contribution in [3.8, 4) is 0 Å². The molecule has 1 fully saturated rings. The van der Waals surface area contributed by atoms with E-state index in [1.165, 1.54) is 12.0 Å². The molecular weight excluding hydrogens is 257 g/mol. The molecule has 0 spiro atoms. The number of nitrogens with zero attached hydrogens (tertiary/aromatic N) is 2. The minimum Gasteiger partial charge on any atom is -0.316 e. The molecule has 0 saturated carbocycles. The Kier molecular flexibility index (Phi) is 5.12. The van der Waals surface area contributed by atoms with Crippen LogP contribution in [0.4, 0.5) is 0 Å². The van der Waals surface area contributed by atoms with Crippen molar-refractivity contribution >= 4 is 35.8 Å². The van der Waals surface area contributed by atoms with Crippen LogP contribution >= 0.6 is 24.8 Å². The maximum atomic E-state index is 4.39. The van der Waals surface area contributed by atoms with Gasteiger partial charge in [-0.1, -0.05) is 0 Å². The molecule has 2 aromatic heterocycles. The van der Waals surface area contributed by atoms with Crippen molar-refractivity contribution < 1.29 is 0 Å². The lowest BCUT2D eigenvalue weighted by molar-refractivity contribution is 0.760. The van der Waals surface area contributed by atoms with E-state index in [4.69, 9.17) is 0 Å². The minimum atomic E-state index is 0. The molecule has 3 heterocycles. The zero-order chi connectivity index (χ0) is 10.1. The van der Waals surface area contributed by atoms with Crippen molar-refractivity contribution in [2.24, 2.45) is 0 Å². The number of pyridine rings is 2. The summed E-state index contributed by atoms with van der Waals surface area (Å²) >= 11 is 0. The lowest BCUT2D eigenvalue weighted by Gasteiger charge is -2.08. The van der Waals surface area contributed by atoms with Crippen LogP contribution in [0, 0.1) is 0 Å². The number of hydrogen-bond donors (Lipinski definition) is 1. The topological polar surface area (TPSA) is 37.8 Å². The second-order valence-corrected chi connectivity index (χ2v) is 4.01. The third-order valence-electron chi connectivity index (χ3n) is 3.01. The van der Waals surface area contributed by atoms with E-state index in [2.05, 4.69) is 27.4 Å². The maximum Gasteiger partial charge on any atom is 0.159 e. The Morgan fingerprint density at radius 3 is 2.88 bits per heavy atom. The molecule has 0 radical (unpaired) electrons. The summed E-state index contributed by atoms with van der Waals surface area (Å²) in [5, 5.41) is 4.52. The lowest BCUT2D eigenvalue weighted by Crippen LogP contribution is -2.08. The predicted octanol–water partition coefficient (Wildman–Crippen LogP) is 2.55. The van der Waals surface area contributed by atoms with Crippen molar-refractivity contribution in [1.29, 1.82) is 0 Å². The molecule has 0 bridgehead atoms. The van der Waals surface area contributed by atoms with Gasteiger partial charge in [0.15, 0.2) is 5.65 Å². The van der Waals surface area contributed by atoms with Gasteiger partial charge in [0, 0.05) is 24.3 Å². The second-order valence-electron chi connectivity index (χ2n) is 4.01. The monoisotopic (exact) mass is 271 g/mol. The number of hydrogen-bond acceptors (Lipinski definition) is 3. The van der Waals surface area contributed by atoms with Crippen LogP contribution in [-0.2, 0) is 0 Å². The lowest BCUT2D eigenvalue weighted by atomic mass is 9.99. The smallest absolute Gasteiger partial charge is 0.159 e. The van der Waals surface area contributed by atoms with Crippen LogP contribution in [0.1, 0.15) is 17.9 Å². The molecule has 1 aliphatic heterocycles. The van der Waals surface area contributed by atoms with Gasteiger partial charge >= 0.3 is 0 Å². The highest BCUT2D eigenvalue weighted by Crippen LogP contribution is 2.23. The van der Waals surface area contributed by atoms with E-state index in [0.29, 0.717) is 5.92 Å². The Bertz CT molecular complexity index is 484. The molecule has 3 rings (SSSR count). The van der Waals surface area contributed by atoms with Crippen LogP contribution in [0.3, 0.4) is 0 Å². The summed E-state index contributed by atoms with van der Waals surface area (Å²) in [5.74, 6) is 0.627. The van der Waals surface area contributed by atoms with Crippen LogP contribution in [0.2, 0.25) is 0 Å². The van der Waals surface area contributed by atoms with Gasteiger partial charge in [0.25, 0.3) is 0 Å². The van der Waals surface area contributed by atoms with Gasteiger partial charge in [0.2, 0.25) is 0 Å². The molecule has 2 aromatic rings. The van der Waals surface area contributed by atoms with E-state index in [0.717, 1.165) is 24.1 Å². The number of aromatic nitrogens is 2. The summed E-state index contributed by atoms with van der Waals surface area (Å²) in [6.45, 7) is 2.20. The molecule has 1 atom stereocenters. The molecular formula is C12H15Cl2N3. The van der Waals surface area contributed by atoms with Crippen molar-refractivity contribution in [2.45, 2.75) is 12.3 Å². The van der Waals surface area contributed by atoms with E-state index >= 15 is 0 Å². The largest absolute Gasteiger partial charge is 0.316 e.